The number of halogens is 1. The second kappa shape index (κ2) is 7.33. The minimum absolute atomic E-state index is 0.0566. The standard InChI is InChI=1S/C18H20FN3O/c19-17-4-2-1-3-15(17)7-10-21-11-13-22(14-12-21)18(23)16-5-8-20-9-6-16/h1-6,8-9H,7,10-14H2. The average molecular weight is 313 g/mol. The molecule has 0 radical (unpaired) electrons. The summed E-state index contributed by atoms with van der Waals surface area (Å²) in [6, 6.07) is 10.4. The van der Waals surface area contributed by atoms with Crippen LogP contribution < -0.4 is 0 Å². The largest absolute Gasteiger partial charge is 0.336 e. The third-order valence-corrected chi connectivity index (χ3v) is 4.24. The topological polar surface area (TPSA) is 36.4 Å². The van der Waals surface area contributed by atoms with Crippen LogP contribution in [0.1, 0.15) is 15.9 Å². The highest BCUT2D eigenvalue weighted by molar-refractivity contribution is 5.94. The van der Waals surface area contributed by atoms with Gasteiger partial charge in [0.15, 0.2) is 0 Å². The number of carbonyl (C=O) groups excluding carboxylic acids is 1. The van der Waals surface area contributed by atoms with Crippen LogP contribution in [0.4, 0.5) is 4.39 Å². The first kappa shape index (κ1) is 15.6. The molecule has 0 saturated carbocycles. The Labute approximate surface area is 135 Å². The summed E-state index contributed by atoms with van der Waals surface area (Å²) in [7, 11) is 0. The highest BCUT2D eigenvalue weighted by atomic mass is 19.1. The van der Waals surface area contributed by atoms with E-state index in [0.29, 0.717) is 25.1 Å². The van der Waals surface area contributed by atoms with Gasteiger partial charge in [-0.15, -0.1) is 0 Å². The van der Waals surface area contributed by atoms with Gasteiger partial charge in [0.25, 0.3) is 5.91 Å². The summed E-state index contributed by atoms with van der Waals surface area (Å²) < 4.78 is 13.6. The Morgan fingerprint density at radius 3 is 2.43 bits per heavy atom. The molecule has 120 valence electrons. The molecule has 0 aliphatic carbocycles. The van der Waals surface area contributed by atoms with Crippen molar-refractivity contribution in [1.29, 1.82) is 0 Å². The zero-order valence-electron chi connectivity index (χ0n) is 13.0. The van der Waals surface area contributed by atoms with Crippen LogP contribution in [0.15, 0.2) is 48.8 Å². The fourth-order valence-corrected chi connectivity index (χ4v) is 2.83. The molecule has 1 aromatic heterocycles. The van der Waals surface area contributed by atoms with Crippen LogP contribution in [-0.4, -0.2) is 53.4 Å². The Kier molecular flexibility index (Phi) is 4.98. The van der Waals surface area contributed by atoms with Crippen molar-refractivity contribution in [2.75, 3.05) is 32.7 Å². The van der Waals surface area contributed by atoms with E-state index in [-0.39, 0.29) is 11.7 Å². The summed E-state index contributed by atoms with van der Waals surface area (Å²) in [6.45, 7) is 3.88. The van der Waals surface area contributed by atoms with E-state index in [2.05, 4.69) is 9.88 Å². The molecule has 2 heterocycles. The molecule has 1 aromatic carbocycles. The van der Waals surface area contributed by atoms with E-state index in [4.69, 9.17) is 0 Å². The second-order valence-corrected chi connectivity index (χ2v) is 5.71. The van der Waals surface area contributed by atoms with Crippen LogP contribution in [-0.2, 0) is 6.42 Å². The van der Waals surface area contributed by atoms with Crippen molar-refractivity contribution in [2.24, 2.45) is 0 Å². The molecule has 0 atom stereocenters. The summed E-state index contributed by atoms with van der Waals surface area (Å²) in [5.41, 5.74) is 1.43. The molecule has 1 amide bonds. The molecule has 1 saturated heterocycles. The minimum Gasteiger partial charge on any atom is -0.336 e. The molecule has 4 nitrogen and oxygen atoms in total. The third kappa shape index (κ3) is 3.93. The lowest BCUT2D eigenvalue weighted by molar-refractivity contribution is 0.0638. The molecular formula is C18H20FN3O. The molecule has 23 heavy (non-hydrogen) atoms. The van der Waals surface area contributed by atoms with E-state index in [1.165, 1.54) is 6.07 Å². The normalized spacial score (nSPS) is 15.6. The molecule has 2 aromatic rings. The molecule has 0 unspecified atom stereocenters. The van der Waals surface area contributed by atoms with Gasteiger partial charge in [0.1, 0.15) is 5.82 Å². The zero-order valence-corrected chi connectivity index (χ0v) is 13.0. The van der Waals surface area contributed by atoms with Crippen molar-refractivity contribution in [1.82, 2.24) is 14.8 Å². The monoisotopic (exact) mass is 313 g/mol. The molecule has 0 bridgehead atoms. The van der Waals surface area contributed by atoms with Crippen LogP contribution in [0.2, 0.25) is 0 Å². The van der Waals surface area contributed by atoms with Crippen molar-refractivity contribution in [3.8, 4) is 0 Å². The maximum absolute atomic E-state index is 13.6. The number of rotatable bonds is 4. The number of piperazine rings is 1. The fourth-order valence-electron chi connectivity index (χ4n) is 2.83. The van der Waals surface area contributed by atoms with Gasteiger partial charge in [-0.2, -0.15) is 0 Å². The molecule has 1 aliphatic heterocycles. The summed E-state index contributed by atoms with van der Waals surface area (Å²) in [6.07, 6.45) is 3.97. The Hall–Kier alpha value is -2.27. The highest BCUT2D eigenvalue weighted by Gasteiger charge is 2.21. The predicted molar refractivity (Wildman–Crippen MR) is 86.7 cm³/mol. The molecule has 0 N–H and O–H groups in total. The Balaban J connectivity index is 1.49. The number of hydrogen-bond acceptors (Lipinski definition) is 3. The van der Waals surface area contributed by atoms with Gasteiger partial charge in [-0.05, 0) is 30.2 Å². The highest BCUT2D eigenvalue weighted by Crippen LogP contribution is 2.11. The first-order valence-corrected chi connectivity index (χ1v) is 7.89. The van der Waals surface area contributed by atoms with E-state index >= 15 is 0 Å². The molecule has 3 rings (SSSR count). The number of nitrogens with zero attached hydrogens (tertiary/aromatic N) is 3. The summed E-state index contributed by atoms with van der Waals surface area (Å²) in [5, 5.41) is 0. The van der Waals surface area contributed by atoms with E-state index < -0.39 is 0 Å². The summed E-state index contributed by atoms with van der Waals surface area (Å²) >= 11 is 0. The summed E-state index contributed by atoms with van der Waals surface area (Å²) in [5.74, 6) is -0.0832. The fraction of sp³-hybridized carbons (Fsp3) is 0.333. The third-order valence-electron chi connectivity index (χ3n) is 4.24. The van der Waals surface area contributed by atoms with Gasteiger partial charge in [0.05, 0.1) is 0 Å². The lowest BCUT2D eigenvalue weighted by Gasteiger charge is -2.34. The number of pyridine rings is 1. The zero-order chi connectivity index (χ0) is 16.1. The predicted octanol–water partition coefficient (Wildman–Crippen LogP) is 2.22. The van der Waals surface area contributed by atoms with Crippen molar-refractivity contribution >= 4 is 5.91 Å². The smallest absolute Gasteiger partial charge is 0.254 e. The van der Waals surface area contributed by atoms with Crippen LogP contribution in [0.3, 0.4) is 0 Å². The Morgan fingerprint density at radius 2 is 1.74 bits per heavy atom. The maximum Gasteiger partial charge on any atom is 0.254 e. The van der Waals surface area contributed by atoms with Crippen molar-refractivity contribution in [3.63, 3.8) is 0 Å². The molecular weight excluding hydrogens is 293 g/mol. The van der Waals surface area contributed by atoms with Gasteiger partial charge in [-0.1, -0.05) is 18.2 Å². The average Bonchev–Trinajstić information content (AvgIpc) is 2.62. The van der Waals surface area contributed by atoms with Gasteiger partial charge in [0, 0.05) is 50.7 Å². The molecule has 0 spiro atoms. The van der Waals surface area contributed by atoms with Crippen LogP contribution >= 0.6 is 0 Å². The van der Waals surface area contributed by atoms with Crippen molar-refractivity contribution < 1.29 is 9.18 Å². The number of hydrogen-bond donors (Lipinski definition) is 0. The van der Waals surface area contributed by atoms with Crippen LogP contribution in [0, 0.1) is 5.82 Å². The van der Waals surface area contributed by atoms with Crippen molar-refractivity contribution in [3.05, 3.63) is 65.7 Å². The quantitative estimate of drug-likeness (QED) is 0.868. The Bertz CT molecular complexity index is 654. The first-order valence-electron chi connectivity index (χ1n) is 7.89. The van der Waals surface area contributed by atoms with E-state index in [1.807, 2.05) is 17.0 Å². The Morgan fingerprint density at radius 1 is 1.04 bits per heavy atom. The van der Waals surface area contributed by atoms with Gasteiger partial charge >= 0.3 is 0 Å². The van der Waals surface area contributed by atoms with E-state index in [1.54, 1.807) is 30.6 Å². The summed E-state index contributed by atoms with van der Waals surface area (Å²) in [4.78, 5) is 20.4. The number of amides is 1. The first-order chi connectivity index (χ1) is 11.2. The van der Waals surface area contributed by atoms with Gasteiger partial charge in [0.2, 0.25) is 0 Å². The van der Waals surface area contributed by atoms with Gasteiger partial charge < -0.3 is 4.90 Å². The molecule has 1 aliphatic rings. The SMILES string of the molecule is O=C(c1ccncc1)N1CCN(CCc2ccccc2F)CC1. The second-order valence-electron chi connectivity index (χ2n) is 5.71. The molecule has 1 fully saturated rings. The van der Waals surface area contributed by atoms with E-state index in [0.717, 1.165) is 25.2 Å². The minimum atomic E-state index is -0.140. The van der Waals surface area contributed by atoms with Gasteiger partial charge in [-0.25, -0.2) is 4.39 Å². The van der Waals surface area contributed by atoms with Crippen LogP contribution in [0.5, 0.6) is 0 Å². The number of aromatic nitrogens is 1. The van der Waals surface area contributed by atoms with Crippen molar-refractivity contribution in [2.45, 2.75) is 6.42 Å². The van der Waals surface area contributed by atoms with Gasteiger partial charge in [-0.3, -0.25) is 14.7 Å². The lowest BCUT2D eigenvalue weighted by atomic mass is 10.1. The van der Waals surface area contributed by atoms with E-state index in [9.17, 15) is 9.18 Å². The lowest BCUT2D eigenvalue weighted by Crippen LogP contribution is -2.49. The number of carbonyl (C=O) groups is 1. The number of benzene rings is 1. The molecule has 5 heteroatoms. The maximum atomic E-state index is 13.6. The van der Waals surface area contributed by atoms with Crippen LogP contribution in [0.25, 0.3) is 0 Å².